The Kier molecular flexibility index (Phi) is 7.51. The van der Waals surface area contributed by atoms with Crippen LogP contribution < -0.4 is 16.0 Å². The number of amides is 2. The van der Waals surface area contributed by atoms with Gasteiger partial charge in [-0.15, -0.1) is 11.8 Å². The van der Waals surface area contributed by atoms with Crippen molar-refractivity contribution in [1.82, 2.24) is 5.32 Å². The number of carbonyl (C=O) groups excluding carboxylic acids is 2. The van der Waals surface area contributed by atoms with Gasteiger partial charge >= 0.3 is 6.18 Å². The van der Waals surface area contributed by atoms with Crippen molar-refractivity contribution in [1.29, 1.82) is 0 Å². The van der Waals surface area contributed by atoms with E-state index in [1.807, 2.05) is 0 Å². The number of nitrogens with zero attached hydrogens (tertiary/aromatic N) is 1. The van der Waals surface area contributed by atoms with E-state index >= 15 is 0 Å². The fourth-order valence-corrected chi connectivity index (χ4v) is 4.20. The minimum atomic E-state index is -4.26. The molecule has 0 aliphatic carbocycles. The van der Waals surface area contributed by atoms with Gasteiger partial charge in [-0.25, -0.2) is 0 Å². The van der Waals surface area contributed by atoms with E-state index in [0.717, 1.165) is 10.5 Å². The molecule has 0 saturated heterocycles. The van der Waals surface area contributed by atoms with Crippen molar-refractivity contribution in [3.05, 3.63) is 58.6 Å². The lowest BCUT2D eigenvalue weighted by Crippen LogP contribution is -2.44. The molecule has 0 unspecified atom stereocenters. The first-order valence-corrected chi connectivity index (χ1v) is 10.9. The average Bonchev–Trinajstić information content (AvgIpc) is 2.83. The molecule has 0 aromatic heterocycles. The van der Waals surface area contributed by atoms with Gasteiger partial charge < -0.3 is 16.0 Å². The van der Waals surface area contributed by atoms with Crippen LogP contribution in [0.4, 0.5) is 18.9 Å². The van der Waals surface area contributed by atoms with Crippen molar-refractivity contribution in [2.75, 3.05) is 17.2 Å². The molecule has 1 atom stereocenters. The monoisotopic (exact) mass is 471 g/mol. The number of rotatable bonds is 6. The number of anilines is 1. The zero-order valence-corrected chi connectivity index (χ0v) is 18.0. The Morgan fingerprint density at radius 2 is 1.94 bits per heavy atom. The van der Waals surface area contributed by atoms with E-state index in [2.05, 4.69) is 5.32 Å². The number of fused-ring (bicyclic) bond motifs is 1. The zero-order valence-electron chi connectivity index (χ0n) is 16.4. The quantitative estimate of drug-likeness (QED) is 0.613. The molecule has 1 heterocycles. The number of carbonyl (C=O) groups is 2. The van der Waals surface area contributed by atoms with Gasteiger partial charge in [-0.1, -0.05) is 23.7 Å². The molecule has 31 heavy (non-hydrogen) atoms. The van der Waals surface area contributed by atoms with Gasteiger partial charge in [0.15, 0.2) is 0 Å². The summed E-state index contributed by atoms with van der Waals surface area (Å²) < 4.78 is 36.8. The molecule has 3 rings (SSSR count). The van der Waals surface area contributed by atoms with Crippen molar-refractivity contribution >= 4 is 40.9 Å². The minimum absolute atomic E-state index is 0.0948. The Hall–Kier alpha value is -2.23. The van der Waals surface area contributed by atoms with Gasteiger partial charge in [-0.2, -0.15) is 13.2 Å². The number of benzene rings is 2. The van der Waals surface area contributed by atoms with Gasteiger partial charge in [0, 0.05) is 34.2 Å². The van der Waals surface area contributed by atoms with Crippen LogP contribution in [0, 0.1) is 0 Å². The van der Waals surface area contributed by atoms with E-state index in [1.165, 1.54) is 16.7 Å². The maximum absolute atomic E-state index is 12.9. The van der Waals surface area contributed by atoms with E-state index < -0.39 is 24.5 Å². The molecule has 0 radical (unpaired) electrons. The van der Waals surface area contributed by atoms with Gasteiger partial charge in [0.05, 0.1) is 18.3 Å². The molecule has 0 fully saturated rings. The summed E-state index contributed by atoms with van der Waals surface area (Å²) in [7, 11) is 0. The predicted molar refractivity (Wildman–Crippen MR) is 115 cm³/mol. The minimum Gasteiger partial charge on any atom is -0.352 e. The Balaban J connectivity index is 1.81. The van der Waals surface area contributed by atoms with E-state index in [9.17, 15) is 22.8 Å². The number of nitrogens with one attached hydrogen (secondary N) is 1. The van der Waals surface area contributed by atoms with Gasteiger partial charge in [0.2, 0.25) is 5.91 Å². The molecule has 0 bridgehead atoms. The second kappa shape index (κ2) is 9.93. The van der Waals surface area contributed by atoms with Crippen molar-refractivity contribution in [3.63, 3.8) is 0 Å². The first kappa shape index (κ1) is 23.4. The standard InChI is InChI=1S/C21H21ClF3N3O2S/c22-15-5-2-13(3-6-15)11-28-17-10-14(19(29)27-9-1-8-21(23,24)25)4-7-18(17)31-12-16(26)20(28)30/h2-7,10,16H,1,8-9,11-12,26H2,(H,27,29)/t16-/m0/s1. The Morgan fingerprint density at radius 1 is 1.23 bits per heavy atom. The van der Waals surface area contributed by atoms with Crippen LogP contribution in [0.3, 0.4) is 0 Å². The maximum Gasteiger partial charge on any atom is 0.389 e. The van der Waals surface area contributed by atoms with E-state index in [0.29, 0.717) is 16.5 Å². The largest absolute Gasteiger partial charge is 0.389 e. The summed E-state index contributed by atoms with van der Waals surface area (Å²) in [6, 6.07) is 11.2. The highest BCUT2D eigenvalue weighted by Crippen LogP contribution is 2.36. The second-order valence-electron chi connectivity index (χ2n) is 7.13. The fourth-order valence-electron chi connectivity index (χ4n) is 3.09. The highest BCUT2D eigenvalue weighted by molar-refractivity contribution is 7.99. The van der Waals surface area contributed by atoms with Gasteiger partial charge in [-0.05, 0) is 42.3 Å². The molecular formula is C21H21ClF3N3O2S. The van der Waals surface area contributed by atoms with Crippen LogP contribution >= 0.6 is 23.4 Å². The normalized spacial score (nSPS) is 16.6. The van der Waals surface area contributed by atoms with Gasteiger partial charge in [0.1, 0.15) is 0 Å². The molecule has 10 heteroatoms. The van der Waals surface area contributed by atoms with Crippen LogP contribution in [0.2, 0.25) is 5.02 Å². The number of alkyl halides is 3. The summed E-state index contributed by atoms with van der Waals surface area (Å²) in [6.45, 7) is 0.149. The lowest BCUT2D eigenvalue weighted by atomic mass is 10.1. The predicted octanol–water partition coefficient (Wildman–Crippen LogP) is 4.38. The maximum atomic E-state index is 12.9. The van der Waals surface area contributed by atoms with Crippen LogP contribution in [0.1, 0.15) is 28.8 Å². The van der Waals surface area contributed by atoms with Crippen molar-refractivity contribution in [2.45, 2.75) is 36.5 Å². The lowest BCUT2D eigenvalue weighted by Gasteiger charge is -2.25. The summed E-state index contributed by atoms with van der Waals surface area (Å²) in [4.78, 5) is 27.7. The highest BCUT2D eigenvalue weighted by Gasteiger charge is 2.29. The number of hydrogen-bond acceptors (Lipinski definition) is 4. The van der Waals surface area contributed by atoms with E-state index in [-0.39, 0.29) is 31.0 Å². The van der Waals surface area contributed by atoms with Crippen LogP contribution in [0.5, 0.6) is 0 Å². The molecular weight excluding hydrogens is 451 g/mol. The SMILES string of the molecule is N[C@H]1CSc2ccc(C(=O)NCCCC(F)(F)F)cc2N(Cc2ccc(Cl)cc2)C1=O. The summed E-state index contributed by atoms with van der Waals surface area (Å²) >= 11 is 7.35. The van der Waals surface area contributed by atoms with Crippen molar-refractivity contribution < 1.29 is 22.8 Å². The molecule has 2 aromatic carbocycles. The number of nitrogens with two attached hydrogens (primary N) is 1. The van der Waals surface area contributed by atoms with Crippen LogP contribution in [0.15, 0.2) is 47.4 Å². The third-order valence-corrected chi connectivity index (χ3v) is 6.12. The lowest BCUT2D eigenvalue weighted by molar-refractivity contribution is -0.135. The van der Waals surface area contributed by atoms with Crippen LogP contribution in [-0.4, -0.2) is 36.3 Å². The summed E-state index contributed by atoms with van der Waals surface area (Å²) in [6.07, 6.45) is -5.42. The van der Waals surface area contributed by atoms with Crippen LogP contribution in [0.25, 0.3) is 0 Å². The molecule has 2 aromatic rings. The molecule has 1 aliphatic rings. The van der Waals surface area contributed by atoms with Gasteiger partial charge in [0.25, 0.3) is 5.91 Å². The Labute approximate surface area is 187 Å². The third kappa shape index (κ3) is 6.38. The first-order chi connectivity index (χ1) is 14.6. The van der Waals surface area contributed by atoms with E-state index in [4.69, 9.17) is 17.3 Å². The Bertz CT molecular complexity index is 954. The van der Waals surface area contributed by atoms with Crippen LogP contribution in [-0.2, 0) is 11.3 Å². The summed E-state index contributed by atoms with van der Waals surface area (Å²) in [5, 5.41) is 3.07. The number of halogens is 4. The summed E-state index contributed by atoms with van der Waals surface area (Å²) in [5.41, 5.74) is 7.68. The molecule has 1 aliphatic heterocycles. The molecule has 0 spiro atoms. The van der Waals surface area contributed by atoms with Crippen molar-refractivity contribution in [3.8, 4) is 0 Å². The Morgan fingerprint density at radius 3 is 2.61 bits per heavy atom. The number of thioether (sulfide) groups is 1. The smallest absolute Gasteiger partial charge is 0.352 e. The number of hydrogen-bond donors (Lipinski definition) is 2. The topological polar surface area (TPSA) is 75.4 Å². The fraction of sp³-hybridized carbons (Fsp3) is 0.333. The van der Waals surface area contributed by atoms with Crippen molar-refractivity contribution in [2.24, 2.45) is 5.73 Å². The van der Waals surface area contributed by atoms with Gasteiger partial charge in [-0.3, -0.25) is 9.59 Å². The third-order valence-electron chi connectivity index (χ3n) is 4.69. The average molecular weight is 472 g/mol. The molecule has 0 saturated carbocycles. The molecule has 3 N–H and O–H groups in total. The second-order valence-corrected chi connectivity index (χ2v) is 8.62. The molecule has 5 nitrogen and oxygen atoms in total. The highest BCUT2D eigenvalue weighted by atomic mass is 35.5. The van der Waals surface area contributed by atoms with E-state index in [1.54, 1.807) is 42.5 Å². The molecule has 2 amide bonds. The zero-order chi connectivity index (χ0) is 22.6. The first-order valence-electron chi connectivity index (χ1n) is 9.57. The summed E-state index contributed by atoms with van der Waals surface area (Å²) in [5.74, 6) is -0.377. The molecule has 166 valence electrons.